The molecule has 1 heterocycles. The molecule has 9 heteroatoms. The van der Waals surface area contributed by atoms with Crippen molar-refractivity contribution in [2.75, 3.05) is 0 Å². The Morgan fingerprint density at radius 2 is 1.59 bits per heavy atom. The van der Waals surface area contributed by atoms with Crippen LogP contribution in [0, 0.1) is 0 Å². The van der Waals surface area contributed by atoms with Crippen molar-refractivity contribution in [1.82, 2.24) is 13.4 Å². The summed E-state index contributed by atoms with van der Waals surface area (Å²) in [6.07, 6.45) is 0. The van der Waals surface area contributed by atoms with E-state index in [0.717, 1.165) is 10.1 Å². The van der Waals surface area contributed by atoms with Gasteiger partial charge in [-0.1, -0.05) is 48.0 Å². The molecule has 1 aromatic heterocycles. The van der Waals surface area contributed by atoms with Gasteiger partial charge in [0.15, 0.2) is 0 Å². The molecule has 3 rings (SSSR count). The Morgan fingerprint density at radius 3 is 2.24 bits per heavy atom. The van der Waals surface area contributed by atoms with E-state index in [0.29, 0.717) is 10.7 Å². The molecule has 0 unspecified atom stereocenters. The fraction of sp³-hybridized carbons (Fsp3) is 0.200. The second kappa shape index (κ2) is 8.36. The lowest BCUT2D eigenvalue weighted by atomic mass is 10.2. The minimum Gasteiger partial charge on any atom is -0.299 e. The van der Waals surface area contributed by atoms with Gasteiger partial charge in [0, 0.05) is 37.4 Å². The molecule has 29 heavy (non-hydrogen) atoms. The minimum absolute atomic E-state index is 0.0368. The van der Waals surface area contributed by atoms with Crippen molar-refractivity contribution in [3.05, 3.63) is 97.8 Å². The van der Waals surface area contributed by atoms with Crippen molar-refractivity contribution in [3.8, 4) is 0 Å². The number of rotatable bonds is 6. The van der Waals surface area contributed by atoms with Gasteiger partial charge in [-0.25, -0.2) is 13.2 Å². The molecular formula is C20H20ClN3O4S. The van der Waals surface area contributed by atoms with Crippen molar-refractivity contribution >= 4 is 21.6 Å². The van der Waals surface area contributed by atoms with Crippen LogP contribution in [0.4, 0.5) is 0 Å². The van der Waals surface area contributed by atoms with Gasteiger partial charge in [0.25, 0.3) is 5.56 Å². The predicted octanol–water partition coefficient (Wildman–Crippen LogP) is 2.13. The van der Waals surface area contributed by atoms with Crippen LogP contribution in [0.3, 0.4) is 0 Å². The Kier molecular flexibility index (Phi) is 6.07. The van der Waals surface area contributed by atoms with Gasteiger partial charge in [0.1, 0.15) is 0 Å². The van der Waals surface area contributed by atoms with Crippen molar-refractivity contribution in [2.45, 2.75) is 18.0 Å². The normalized spacial score (nSPS) is 11.7. The minimum atomic E-state index is -3.95. The van der Waals surface area contributed by atoms with E-state index in [2.05, 4.69) is 0 Å². The molecule has 0 saturated carbocycles. The summed E-state index contributed by atoms with van der Waals surface area (Å²) in [7, 11) is -1.07. The Morgan fingerprint density at radius 1 is 0.897 bits per heavy atom. The van der Waals surface area contributed by atoms with Crippen LogP contribution < -0.4 is 11.2 Å². The Bertz CT molecular complexity index is 1250. The van der Waals surface area contributed by atoms with Crippen molar-refractivity contribution in [1.29, 1.82) is 0 Å². The molecule has 0 atom stereocenters. The zero-order chi connectivity index (χ0) is 21.2. The zero-order valence-electron chi connectivity index (χ0n) is 15.9. The highest BCUT2D eigenvalue weighted by molar-refractivity contribution is 7.89. The molecule has 0 spiro atoms. The van der Waals surface area contributed by atoms with E-state index in [-0.39, 0.29) is 18.0 Å². The number of hydrogen-bond acceptors (Lipinski definition) is 4. The molecule has 0 aliphatic rings. The molecule has 0 N–H and O–H groups in total. The van der Waals surface area contributed by atoms with Gasteiger partial charge in [-0.2, -0.15) is 4.31 Å². The van der Waals surface area contributed by atoms with Crippen LogP contribution in [0.15, 0.2) is 75.1 Å². The molecule has 152 valence electrons. The molecule has 2 aromatic carbocycles. The molecule has 0 fully saturated rings. The monoisotopic (exact) mass is 433 g/mol. The molecular weight excluding hydrogens is 414 g/mol. The summed E-state index contributed by atoms with van der Waals surface area (Å²) in [5, 5.41) is 0.298. The summed E-state index contributed by atoms with van der Waals surface area (Å²) in [6, 6.07) is 16.3. The van der Waals surface area contributed by atoms with Gasteiger partial charge in [-0.3, -0.25) is 13.9 Å². The number of sulfonamides is 1. The average Bonchev–Trinajstić information content (AvgIpc) is 2.70. The first-order valence-corrected chi connectivity index (χ1v) is 10.6. The third-order valence-corrected chi connectivity index (χ3v) is 6.62. The van der Waals surface area contributed by atoms with Crippen molar-refractivity contribution < 1.29 is 8.42 Å². The van der Waals surface area contributed by atoms with Crippen LogP contribution in [0.2, 0.25) is 5.02 Å². The maximum atomic E-state index is 13.3. The van der Waals surface area contributed by atoms with Gasteiger partial charge >= 0.3 is 5.69 Å². The number of aromatic nitrogens is 2. The maximum Gasteiger partial charge on any atom is 0.330 e. The standard InChI is InChI=1S/C20H20ClN3O4S/c1-22-17(12-19(25)23(2)20(22)26)14-24(13-15-7-4-3-5-8-15)29(27,28)18-10-6-9-16(21)11-18/h3-12H,13-14H2,1-2H3. The Balaban J connectivity index is 2.09. The first-order chi connectivity index (χ1) is 13.7. The van der Waals surface area contributed by atoms with Crippen LogP contribution in [-0.2, 0) is 37.2 Å². The van der Waals surface area contributed by atoms with E-state index < -0.39 is 21.3 Å². The summed E-state index contributed by atoms with van der Waals surface area (Å²) in [5.74, 6) is 0. The predicted molar refractivity (Wildman–Crippen MR) is 111 cm³/mol. The SMILES string of the molecule is Cn1c(CN(Cc2ccccc2)S(=O)(=O)c2cccc(Cl)c2)cc(=O)n(C)c1=O. The molecule has 0 aliphatic heterocycles. The fourth-order valence-corrected chi connectivity index (χ4v) is 4.60. The molecule has 7 nitrogen and oxygen atoms in total. The van der Waals surface area contributed by atoms with Crippen LogP contribution in [0.1, 0.15) is 11.3 Å². The molecule has 0 saturated heterocycles. The summed E-state index contributed by atoms with van der Waals surface area (Å²) in [5.41, 5.74) is 0.0433. The highest BCUT2D eigenvalue weighted by atomic mass is 35.5. The van der Waals surface area contributed by atoms with Crippen LogP contribution in [0.25, 0.3) is 0 Å². The number of nitrogens with zero attached hydrogens (tertiary/aromatic N) is 3. The van der Waals surface area contributed by atoms with Crippen LogP contribution >= 0.6 is 11.6 Å². The van der Waals surface area contributed by atoms with E-state index in [1.165, 1.54) is 41.2 Å². The lowest BCUT2D eigenvalue weighted by Crippen LogP contribution is -2.40. The highest BCUT2D eigenvalue weighted by Crippen LogP contribution is 2.23. The molecule has 0 aliphatic carbocycles. The lowest BCUT2D eigenvalue weighted by molar-refractivity contribution is 0.388. The highest BCUT2D eigenvalue weighted by Gasteiger charge is 2.26. The second-order valence-corrected chi connectivity index (χ2v) is 8.96. The smallest absolute Gasteiger partial charge is 0.299 e. The van der Waals surface area contributed by atoms with E-state index in [1.807, 2.05) is 30.3 Å². The Hall–Kier alpha value is -2.68. The van der Waals surface area contributed by atoms with Crippen LogP contribution in [0.5, 0.6) is 0 Å². The Labute approximate surface area is 173 Å². The average molecular weight is 434 g/mol. The largest absolute Gasteiger partial charge is 0.330 e. The third kappa shape index (κ3) is 4.50. The summed E-state index contributed by atoms with van der Waals surface area (Å²) in [6.45, 7) is -0.0787. The van der Waals surface area contributed by atoms with E-state index >= 15 is 0 Å². The molecule has 3 aromatic rings. The van der Waals surface area contributed by atoms with E-state index in [4.69, 9.17) is 11.6 Å². The van der Waals surface area contributed by atoms with Gasteiger partial charge in [-0.05, 0) is 23.8 Å². The number of benzene rings is 2. The van der Waals surface area contributed by atoms with Crippen molar-refractivity contribution in [2.24, 2.45) is 14.1 Å². The molecule has 0 bridgehead atoms. The first kappa shape index (κ1) is 21.0. The maximum absolute atomic E-state index is 13.3. The van der Waals surface area contributed by atoms with Gasteiger partial charge < -0.3 is 0 Å². The van der Waals surface area contributed by atoms with E-state index in [9.17, 15) is 18.0 Å². The molecule has 0 radical (unpaired) electrons. The summed E-state index contributed by atoms with van der Waals surface area (Å²) >= 11 is 5.99. The summed E-state index contributed by atoms with van der Waals surface area (Å²) in [4.78, 5) is 24.4. The third-order valence-electron chi connectivity index (χ3n) is 4.60. The van der Waals surface area contributed by atoms with Crippen LogP contribution in [-0.4, -0.2) is 21.9 Å². The topological polar surface area (TPSA) is 81.4 Å². The van der Waals surface area contributed by atoms with Gasteiger partial charge in [0.05, 0.1) is 11.4 Å². The number of hydrogen-bond donors (Lipinski definition) is 0. The molecule has 0 amide bonds. The zero-order valence-corrected chi connectivity index (χ0v) is 17.5. The lowest BCUT2D eigenvalue weighted by Gasteiger charge is -2.23. The van der Waals surface area contributed by atoms with Gasteiger partial charge in [-0.15, -0.1) is 0 Å². The van der Waals surface area contributed by atoms with Gasteiger partial charge in [0.2, 0.25) is 10.0 Å². The fourth-order valence-electron chi connectivity index (χ4n) is 2.90. The number of halogens is 1. The van der Waals surface area contributed by atoms with E-state index in [1.54, 1.807) is 12.1 Å². The van der Waals surface area contributed by atoms with Crippen molar-refractivity contribution in [3.63, 3.8) is 0 Å². The first-order valence-electron chi connectivity index (χ1n) is 8.76. The quantitative estimate of drug-likeness (QED) is 0.596. The summed E-state index contributed by atoms with van der Waals surface area (Å²) < 4.78 is 30.1. The second-order valence-electron chi connectivity index (χ2n) is 6.59.